The van der Waals surface area contributed by atoms with Gasteiger partial charge in [0.2, 0.25) is 5.91 Å². The highest BCUT2D eigenvalue weighted by atomic mass is 35.5. The Morgan fingerprint density at radius 1 is 1.10 bits per heavy atom. The first-order chi connectivity index (χ1) is 18.1. The predicted octanol–water partition coefficient (Wildman–Crippen LogP) is 5.45. The number of thioether (sulfide) groups is 1. The molecule has 1 aliphatic heterocycles. The first kappa shape index (κ1) is 30.6. The monoisotopic (exact) mass is 595 g/mol. The van der Waals surface area contributed by atoms with Gasteiger partial charge < -0.3 is 20.5 Å². The van der Waals surface area contributed by atoms with E-state index in [1.807, 2.05) is 13.8 Å². The molecule has 9 nitrogen and oxygen atoms in total. The van der Waals surface area contributed by atoms with Crippen molar-refractivity contribution in [3.63, 3.8) is 0 Å². The normalized spacial score (nSPS) is 17.3. The van der Waals surface area contributed by atoms with Gasteiger partial charge in [-0.05, 0) is 64.4 Å². The summed E-state index contributed by atoms with van der Waals surface area (Å²) in [7, 11) is 0. The van der Waals surface area contributed by atoms with Crippen molar-refractivity contribution in [2.45, 2.75) is 63.6 Å². The van der Waals surface area contributed by atoms with E-state index in [0.29, 0.717) is 17.0 Å². The Balaban J connectivity index is 1.68. The molecule has 1 heterocycles. The van der Waals surface area contributed by atoms with Crippen molar-refractivity contribution in [3.05, 3.63) is 63.6 Å². The van der Waals surface area contributed by atoms with Crippen molar-refractivity contribution in [3.8, 4) is 0 Å². The van der Waals surface area contributed by atoms with Crippen molar-refractivity contribution >= 4 is 64.5 Å². The molecule has 0 radical (unpaired) electrons. The molecule has 0 bridgehead atoms. The average molecular weight is 597 g/mol. The maximum absolute atomic E-state index is 13.2. The lowest BCUT2D eigenvalue weighted by Crippen LogP contribution is -2.56. The second-order valence-corrected chi connectivity index (χ2v) is 12.9. The van der Waals surface area contributed by atoms with Crippen LogP contribution in [-0.2, 0) is 20.7 Å². The molecule has 210 valence electrons. The first-order valence-electron chi connectivity index (χ1n) is 12.1. The van der Waals surface area contributed by atoms with Crippen molar-refractivity contribution in [2.24, 2.45) is 0 Å². The summed E-state index contributed by atoms with van der Waals surface area (Å²) in [5.74, 6) is -1.98. The fraction of sp³-hybridized carbons (Fsp3) is 0.407. The Hall–Kier alpha value is -2.95. The van der Waals surface area contributed by atoms with E-state index >= 15 is 0 Å². The van der Waals surface area contributed by atoms with Gasteiger partial charge in [0.05, 0.1) is 20.5 Å². The number of benzene rings is 2. The molecular formula is C27H31Cl2N3O6S. The van der Waals surface area contributed by atoms with Crippen LogP contribution in [0.25, 0.3) is 0 Å². The number of nitrogens with one attached hydrogen (secondary N) is 2. The van der Waals surface area contributed by atoms with E-state index < -0.39 is 46.4 Å². The van der Waals surface area contributed by atoms with Crippen LogP contribution in [0.4, 0.5) is 10.5 Å². The Kier molecular flexibility index (Phi) is 9.46. The van der Waals surface area contributed by atoms with Gasteiger partial charge in [-0.2, -0.15) is 0 Å². The molecule has 39 heavy (non-hydrogen) atoms. The summed E-state index contributed by atoms with van der Waals surface area (Å²) in [4.78, 5) is 51.3. The third kappa shape index (κ3) is 7.80. The highest BCUT2D eigenvalue weighted by molar-refractivity contribution is 8.00. The van der Waals surface area contributed by atoms with Crippen LogP contribution >= 0.6 is 35.0 Å². The molecule has 2 aromatic rings. The minimum Gasteiger partial charge on any atom is -0.480 e. The predicted molar refractivity (Wildman–Crippen MR) is 153 cm³/mol. The number of ether oxygens (including phenoxy) is 1. The second kappa shape index (κ2) is 12.1. The highest BCUT2D eigenvalue weighted by Gasteiger charge is 2.48. The molecule has 0 spiro atoms. The van der Waals surface area contributed by atoms with Crippen LogP contribution in [0.15, 0.2) is 42.5 Å². The average Bonchev–Trinajstić information content (AvgIpc) is 3.13. The Bertz CT molecular complexity index is 1240. The van der Waals surface area contributed by atoms with E-state index in [-0.39, 0.29) is 22.0 Å². The number of rotatable bonds is 7. The number of carboxylic acid groups (broad SMARTS) is 1. The van der Waals surface area contributed by atoms with Gasteiger partial charge in [0.1, 0.15) is 17.7 Å². The molecule has 3 rings (SSSR count). The fourth-order valence-electron chi connectivity index (χ4n) is 3.99. The molecular weight excluding hydrogens is 565 g/mol. The third-order valence-electron chi connectivity index (χ3n) is 5.84. The van der Waals surface area contributed by atoms with Crippen LogP contribution in [0.2, 0.25) is 10.0 Å². The lowest BCUT2D eigenvalue weighted by molar-refractivity contribution is -0.142. The molecule has 0 aromatic heterocycles. The number of carbonyl (C=O) groups excluding carboxylic acids is 3. The topological polar surface area (TPSA) is 125 Å². The summed E-state index contributed by atoms with van der Waals surface area (Å²) in [5, 5.41) is 15.5. The SMILES string of the molecule is CC(C)(C)OC(=O)N1C(C(=O)NC(Cc2ccc(NC(=O)c3c(Cl)cccc3Cl)cc2)C(=O)O)CSC1(C)C. The lowest BCUT2D eigenvalue weighted by Gasteiger charge is -2.35. The standard InChI is InChI=1S/C27H31Cl2N3O6S/c1-26(2,3)38-25(37)32-20(14-39-27(32,4)5)22(33)31-19(24(35)36)13-15-9-11-16(12-10-15)30-23(34)21-17(28)7-6-8-18(21)29/h6-12,19-20H,13-14H2,1-5H3,(H,30,34)(H,31,33)(H,35,36). The summed E-state index contributed by atoms with van der Waals surface area (Å²) in [6.45, 7) is 8.82. The van der Waals surface area contributed by atoms with E-state index in [4.69, 9.17) is 27.9 Å². The Morgan fingerprint density at radius 2 is 1.69 bits per heavy atom. The zero-order chi connectivity index (χ0) is 29.1. The van der Waals surface area contributed by atoms with Gasteiger partial charge in [0.15, 0.2) is 0 Å². The highest BCUT2D eigenvalue weighted by Crippen LogP contribution is 2.40. The lowest BCUT2D eigenvalue weighted by atomic mass is 10.0. The van der Waals surface area contributed by atoms with Crippen molar-refractivity contribution < 1.29 is 29.0 Å². The van der Waals surface area contributed by atoms with E-state index in [0.717, 1.165) is 0 Å². The van der Waals surface area contributed by atoms with Crippen LogP contribution in [-0.4, -0.2) is 62.2 Å². The molecule has 1 fully saturated rings. The quantitative estimate of drug-likeness (QED) is 0.389. The van der Waals surface area contributed by atoms with Crippen molar-refractivity contribution in [1.29, 1.82) is 0 Å². The second-order valence-electron chi connectivity index (χ2n) is 10.5. The zero-order valence-electron chi connectivity index (χ0n) is 22.2. The number of carboxylic acids is 1. The van der Waals surface area contributed by atoms with Gasteiger partial charge in [0.25, 0.3) is 5.91 Å². The van der Waals surface area contributed by atoms with E-state index in [9.17, 15) is 24.3 Å². The van der Waals surface area contributed by atoms with Crippen molar-refractivity contribution in [2.75, 3.05) is 11.1 Å². The molecule has 2 unspecified atom stereocenters. The van der Waals surface area contributed by atoms with Crippen LogP contribution < -0.4 is 10.6 Å². The molecule has 0 saturated carbocycles. The van der Waals surface area contributed by atoms with Gasteiger partial charge in [0, 0.05) is 17.9 Å². The number of carbonyl (C=O) groups is 4. The molecule has 3 amide bonds. The van der Waals surface area contributed by atoms with Gasteiger partial charge >= 0.3 is 12.1 Å². The summed E-state index contributed by atoms with van der Waals surface area (Å²) in [6.07, 6.45) is -0.651. The number of hydrogen-bond acceptors (Lipinski definition) is 6. The third-order valence-corrected chi connectivity index (χ3v) is 7.85. The number of aliphatic carboxylic acids is 1. The largest absolute Gasteiger partial charge is 0.480 e. The molecule has 12 heteroatoms. The summed E-state index contributed by atoms with van der Waals surface area (Å²) >= 11 is 13.6. The summed E-state index contributed by atoms with van der Waals surface area (Å²) < 4.78 is 5.50. The molecule has 0 aliphatic carbocycles. The Labute approximate surface area is 241 Å². The first-order valence-corrected chi connectivity index (χ1v) is 13.9. The van der Waals surface area contributed by atoms with Gasteiger partial charge in [-0.3, -0.25) is 14.5 Å². The maximum Gasteiger partial charge on any atom is 0.412 e. The number of hydrogen-bond donors (Lipinski definition) is 3. The minimum atomic E-state index is -1.24. The zero-order valence-corrected chi connectivity index (χ0v) is 24.5. The minimum absolute atomic E-state index is 0.0126. The maximum atomic E-state index is 13.2. The van der Waals surface area contributed by atoms with Gasteiger partial charge in [-0.25, -0.2) is 9.59 Å². The number of amides is 3. The number of nitrogens with zero attached hydrogens (tertiary/aromatic N) is 1. The van der Waals surface area contributed by atoms with Gasteiger partial charge in [-0.15, -0.1) is 11.8 Å². The van der Waals surface area contributed by atoms with Crippen LogP contribution in [0, 0.1) is 0 Å². The smallest absolute Gasteiger partial charge is 0.412 e. The summed E-state index contributed by atoms with van der Waals surface area (Å²) in [6, 6.07) is 9.13. The molecule has 3 N–H and O–H groups in total. The van der Waals surface area contributed by atoms with Gasteiger partial charge in [-0.1, -0.05) is 41.4 Å². The summed E-state index contributed by atoms with van der Waals surface area (Å²) in [5.41, 5.74) is 0.457. The number of anilines is 1. The van der Waals surface area contributed by atoms with E-state index in [1.54, 1.807) is 63.2 Å². The van der Waals surface area contributed by atoms with E-state index in [2.05, 4.69) is 10.6 Å². The molecule has 2 aromatic carbocycles. The van der Waals surface area contributed by atoms with Crippen molar-refractivity contribution in [1.82, 2.24) is 10.2 Å². The van der Waals surface area contributed by atoms with E-state index in [1.165, 1.54) is 16.7 Å². The molecule has 1 aliphatic rings. The molecule has 1 saturated heterocycles. The van der Waals surface area contributed by atoms with Crippen LogP contribution in [0.5, 0.6) is 0 Å². The fourth-order valence-corrected chi connectivity index (χ4v) is 5.77. The Morgan fingerprint density at radius 3 is 2.23 bits per heavy atom. The molecule has 2 atom stereocenters. The number of halogens is 2. The van der Waals surface area contributed by atoms with Crippen LogP contribution in [0.3, 0.4) is 0 Å². The van der Waals surface area contributed by atoms with Crippen LogP contribution in [0.1, 0.15) is 50.5 Å².